The Morgan fingerprint density at radius 1 is 0.872 bits per heavy atom. The summed E-state index contributed by atoms with van der Waals surface area (Å²) >= 11 is 0. The first-order valence-electron chi connectivity index (χ1n) is 13.1. The predicted octanol–water partition coefficient (Wildman–Crippen LogP) is 1.89. The van der Waals surface area contributed by atoms with E-state index in [0.29, 0.717) is 12.8 Å². The van der Waals surface area contributed by atoms with Gasteiger partial charge < -0.3 is 31.8 Å². The number of H-pyrrole nitrogens is 1. The lowest BCUT2D eigenvalue weighted by Crippen LogP contribution is -2.57. The van der Waals surface area contributed by atoms with Gasteiger partial charge in [0, 0.05) is 23.5 Å². The summed E-state index contributed by atoms with van der Waals surface area (Å²) in [6, 6.07) is 12.8. The first-order valence-corrected chi connectivity index (χ1v) is 13.1. The fourth-order valence-corrected chi connectivity index (χ4v) is 4.31. The van der Waals surface area contributed by atoms with Crippen LogP contribution in [0.4, 0.5) is 0 Å². The first kappa shape index (κ1) is 29.4. The van der Waals surface area contributed by atoms with Crippen LogP contribution in [-0.4, -0.2) is 57.9 Å². The molecule has 3 amide bonds. The van der Waals surface area contributed by atoms with Crippen LogP contribution in [0.1, 0.15) is 38.3 Å². The van der Waals surface area contributed by atoms with Gasteiger partial charge in [0.2, 0.25) is 17.7 Å². The molecule has 3 rings (SSSR count). The molecule has 39 heavy (non-hydrogen) atoms. The third-order valence-electron chi connectivity index (χ3n) is 6.90. The standard InChI is InChI=1S/C29H37N5O5/c1-4-17(2)25(29(38)39)34-28(37)24(15-20-16-31-23-13-9-8-12-21(20)23)33-26(35)18(3)32-27(36)22(30)14-19-10-6-5-7-11-19/h5-13,16-18,22,24-25,31H,4,14-15,30H2,1-3H3,(H,32,36)(H,33,35)(H,34,37)(H,38,39). The van der Waals surface area contributed by atoms with Gasteiger partial charge in [0.25, 0.3) is 0 Å². The Bertz CT molecular complexity index is 1290. The van der Waals surface area contributed by atoms with E-state index in [2.05, 4.69) is 20.9 Å². The topological polar surface area (TPSA) is 166 Å². The van der Waals surface area contributed by atoms with E-state index in [-0.39, 0.29) is 12.3 Å². The number of aromatic nitrogens is 1. The molecule has 0 spiro atoms. The molecule has 3 aromatic rings. The largest absolute Gasteiger partial charge is 0.480 e. The first-order chi connectivity index (χ1) is 18.6. The smallest absolute Gasteiger partial charge is 0.326 e. The monoisotopic (exact) mass is 535 g/mol. The molecule has 0 aliphatic rings. The van der Waals surface area contributed by atoms with Crippen LogP contribution in [0.3, 0.4) is 0 Å². The van der Waals surface area contributed by atoms with Gasteiger partial charge in [0.1, 0.15) is 18.1 Å². The summed E-state index contributed by atoms with van der Waals surface area (Å²) in [6.45, 7) is 5.08. The van der Waals surface area contributed by atoms with E-state index in [9.17, 15) is 24.3 Å². The summed E-state index contributed by atoms with van der Waals surface area (Å²) in [7, 11) is 0. The zero-order valence-corrected chi connectivity index (χ0v) is 22.4. The van der Waals surface area contributed by atoms with Crippen LogP contribution in [0.2, 0.25) is 0 Å². The zero-order chi connectivity index (χ0) is 28.5. The van der Waals surface area contributed by atoms with E-state index in [1.807, 2.05) is 61.5 Å². The number of hydrogen-bond donors (Lipinski definition) is 6. The number of para-hydroxylation sites is 1. The maximum Gasteiger partial charge on any atom is 0.326 e. The molecule has 208 valence electrons. The lowest BCUT2D eigenvalue weighted by molar-refractivity contribution is -0.143. The van der Waals surface area contributed by atoms with Gasteiger partial charge in [0.05, 0.1) is 6.04 Å². The highest BCUT2D eigenvalue weighted by Crippen LogP contribution is 2.19. The molecule has 5 unspecified atom stereocenters. The second-order valence-corrected chi connectivity index (χ2v) is 9.86. The molecule has 0 aliphatic heterocycles. The number of rotatable bonds is 13. The number of carboxylic acid groups (broad SMARTS) is 1. The van der Waals surface area contributed by atoms with Crippen molar-refractivity contribution in [2.45, 2.75) is 64.2 Å². The van der Waals surface area contributed by atoms with Gasteiger partial charge in [-0.1, -0.05) is 68.8 Å². The van der Waals surface area contributed by atoms with Crippen molar-refractivity contribution in [1.82, 2.24) is 20.9 Å². The fraction of sp³-hybridized carbons (Fsp3) is 0.379. The Morgan fingerprint density at radius 2 is 1.54 bits per heavy atom. The van der Waals surface area contributed by atoms with Crippen molar-refractivity contribution in [3.05, 3.63) is 71.9 Å². The summed E-state index contributed by atoms with van der Waals surface area (Å²) < 4.78 is 0. The normalized spacial score (nSPS) is 15.0. The van der Waals surface area contributed by atoms with Gasteiger partial charge in [-0.2, -0.15) is 0 Å². The summed E-state index contributed by atoms with van der Waals surface area (Å²) in [6.07, 6.45) is 2.72. The summed E-state index contributed by atoms with van der Waals surface area (Å²) in [5.41, 5.74) is 8.59. The molecule has 2 aromatic carbocycles. The number of amides is 3. The number of fused-ring (bicyclic) bond motifs is 1. The van der Waals surface area contributed by atoms with E-state index in [1.54, 1.807) is 13.1 Å². The maximum atomic E-state index is 13.3. The Morgan fingerprint density at radius 3 is 2.21 bits per heavy atom. The zero-order valence-electron chi connectivity index (χ0n) is 22.4. The third-order valence-corrected chi connectivity index (χ3v) is 6.90. The van der Waals surface area contributed by atoms with Crippen LogP contribution in [0.5, 0.6) is 0 Å². The minimum atomic E-state index is -1.15. The van der Waals surface area contributed by atoms with Crippen LogP contribution in [0, 0.1) is 5.92 Å². The van der Waals surface area contributed by atoms with Crippen LogP contribution in [0.25, 0.3) is 10.9 Å². The van der Waals surface area contributed by atoms with Crippen LogP contribution in [0.15, 0.2) is 60.8 Å². The Labute approximate surface area is 227 Å². The van der Waals surface area contributed by atoms with Crippen molar-refractivity contribution in [1.29, 1.82) is 0 Å². The highest BCUT2D eigenvalue weighted by atomic mass is 16.4. The number of nitrogens with two attached hydrogens (primary N) is 1. The number of carbonyl (C=O) groups is 4. The van der Waals surface area contributed by atoms with Gasteiger partial charge in [-0.25, -0.2) is 4.79 Å². The van der Waals surface area contributed by atoms with E-state index in [4.69, 9.17) is 5.73 Å². The highest BCUT2D eigenvalue weighted by Gasteiger charge is 2.31. The second-order valence-electron chi connectivity index (χ2n) is 9.86. The van der Waals surface area contributed by atoms with E-state index in [0.717, 1.165) is 22.0 Å². The van der Waals surface area contributed by atoms with Crippen molar-refractivity contribution >= 4 is 34.6 Å². The van der Waals surface area contributed by atoms with Gasteiger partial charge >= 0.3 is 5.97 Å². The molecular weight excluding hydrogens is 498 g/mol. The highest BCUT2D eigenvalue weighted by molar-refractivity contribution is 5.94. The average molecular weight is 536 g/mol. The number of carbonyl (C=O) groups excluding carboxylic acids is 3. The molecule has 10 heteroatoms. The van der Waals surface area contributed by atoms with Crippen molar-refractivity contribution in [2.75, 3.05) is 0 Å². The van der Waals surface area contributed by atoms with Crippen molar-refractivity contribution in [3.63, 3.8) is 0 Å². The molecule has 0 bridgehead atoms. The lowest BCUT2D eigenvalue weighted by atomic mass is 9.98. The summed E-state index contributed by atoms with van der Waals surface area (Å²) in [5, 5.41) is 18.4. The Kier molecular flexibility index (Phi) is 10.2. The minimum absolute atomic E-state index is 0.114. The van der Waals surface area contributed by atoms with Crippen LogP contribution < -0.4 is 21.7 Å². The molecular formula is C29H37N5O5. The van der Waals surface area contributed by atoms with Gasteiger partial charge in [0.15, 0.2) is 0 Å². The number of benzene rings is 2. The third kappa shape index (κ3) is 7.90. The molecule has 0 fully saturated rings. The molecule has 0 saturated carbocycles. The molecule has 7 N–H and O–H groups in total. The minimum Gasteiger partial charge on any atom is -0.480 e. The maximum absolute atomic E-state index is 13.3. The summed E-state index contributed by atoms with van der Waals surface area (Å²) in [5.74, 6) is -3.18. The SMILES string of the molecule is CCC(C)C(NC(=O)C(Cc1c[nH]c2ccccc12)NC(=O)C(C)NC(=O)C(N)Cc1ccccc1)C(=O)O. The molecule has 1 aromatic heterocycles. The molecule has 0 radical (unpaired) electrons. The lowest BCUT2D eigenvalue weighted by Gasteiger charge is -2.25. The van der Waals surface area contributed by atoms with Gasteiger partial charge in [-0.3, -0.25) is 14.4 Å². The predicted molar refractivity (Wildman–Crippen MR) is 149 cm³/mol. The van der Waals surface area contributed by atoms with Crippen LogP contribution >= 0.6 is 0 Å². The number of aromatic amines is 1. The summed E-state index contributed by atoms with van der Waals surface area (Å²) in [4.78, 5) is 54.1. The van der Waals surface area contributed by atoms with Crippen LogP contribution in [-0.2, 0) is 32.0 Å². The number of hydrogen-bond acceptors (Lipinski definition) is 5. The van der Waals surface area contributed by atoms with Crippen molar-refractivity contribution < 1.29 is 24.3 Å². The molecule has 10 nitrogen and oxygen atoms in total. The second kappa shape index (κ2) is 13.6. The molecule has 5 atom stereocenters. The van der Waals surface area contributed by atoms with Crippen molar-refractivity contribution in [2.24, 2.45) is 11.7 Å². The molecule has 0 saturated heterocycles. The molecule has 0 aliphatic carbocycles. The van der Waals surface area contributed by atoms with E-state index < -0.39 is 47.9 Å². The van der Waals surface area contributed by atoms with Gasteiger partial charge in [-0.15, -0.1) is 0 Å². The van der Waals surface area contributed by atoms with Crippen molar-refractivity contribution in [3.8, 4) is 0 Å². The van der Waals surface area contributed by atoms with E-state index >= 15 is 0 Å². The van der Waals surface area contributed by atoms with E-state index in [1.165, 1.54) is 6.92 Å². The Hall–Kier alpha value is -4.18. The number of nitrogens with one attached hydrogen (secondary N) is 4. The Balaban J connectivity index is 1.73. The van der Waals surface area contributed by atoms with Gasteiger partial charge in [-0.05, 0) is 36.5 Å². The number of carboxylic acids is 1. The quantitative estimate of drug-likeness (QED) is 0.195. The molecule has 1 heterocycles. The number of aliphatic carboxylic acids is 1. The average Bonchev–Trinajstić information content (AvgIpc) is 3.33. The fourth-order valence-electron chi connectivity index (χ4n) is 4.31.